The van der Waals surface area contributed by atoms with Gasteiger partial charge >= 0.3 is 0 Å². The van der Waals surface area contributed by atoms with Crippen molar-refractivity contribution in [1.29, 1.82) is 0 Å². The van der Waals surface area contributed by atoms with E-state index in [-0.39, 0.29) is 16.2 Å². The lowest BCUT2D eigenvalue weighted by Crippen LogP contribution is -2.44. The van der Waals surface area contributed by atoms with Crippen molar-refractivity contribution < 1.29 is 0 Å². The van der Waals surface area contributed by atoms with E-state index >= 15 is 0 Å². The first kappa shape index (κ1) is 20.4. The molecule has 0 fully saturated rings. The molecule has 0 nitrogen and oxygen atoms in total. The molecule has 3 aromatic rings. The fourth-order valence-electron chi connectivity index (χ4n) is 5.20. The minimum Gasteiger partial charge on any atom is -0.0622 e. The Morgan fingerprint density at radius 2 is 1.00 bits per heavy atom. The van der Waals surface area contributed by atoms with Crippen molar-refractivity contribution in [2.24, 2.45) is 5.41 Å². The van der Waals surface area contributed by atoms with Crippen molar-refractivity contribution in [1.82, 2.24) is 0 Å². The molecule has 0 aliphatic carbocycles. The summed E-state index contributed by atoms with van der Waals surface area (Å²) in [4.78, 5) is 0. The molecular formula is C28H34. The second kappa shape index (κ2) is 7.59. The second-order valence-corrected chi connectivity index (χ2v) is 9.62. The van der Waals surface area contributed by atoms with Crippen molar-refractivity contribution in [3.05, 3.63) is 107 Å². The van der Waals surface area contributed by atoms with Crippen molar-refractivity contribution in [3.8, 4) is 0 Å². The highest BCUT2D eigenvalue weighted by molar-refractivity contribution is 5.42. The number of hydrogen-bond donors (Lipinski definition) is 0. The van der Waals surface area contributed by atoms with Crippen LogP contribution in [0.15, 0.2) is 84.9 Å². The van der Waals surface area contributed by atoms with E-state index in [1.807, 2.05) is 0 Å². The molecule has 0 N–H and O–H groups in total. The Balaban J connectivity index is 2.11. The predicted molar refractivity (Wildman–Crippen MR) is 122 cm³/mol. The van der Waals surface area contributed by atoms with Gasteiger partial charge in [-0.15, -0.1) is 0 Å². The third-order valence-corrected chi connectivity index (χ3v) is 6.81. The van der Waals surface area contributed by atoms with E-state index in [0.29, 0.717) is 0 Å². The molecule has 0 heterocycles. The molecule has 0 radical (unpaired) electrons. The molecule has 0 saturated carbocycles. The van der Waals surface area contributed by atoms with Gasteiger partial charge in [0.1, 0.15) is 0 Å². The molecule has 0 unspecified atom stereocenters. The van der Waals surface area contributed by atoms with Crippen LogP contribution in [-0.2, 0) is 10.8 Å². The van der Waals surface area contributed by atoms with Gasteiger partial charge in [-0.05, 0) is 46.4 Å². The third-order valence-electron chi connectivity index (χ3n) is 6.81. The van der Waals surface area contributed by atoms with E-state index in [9.17, 15) is 0 Å². The van der Waals surface area contributed by atoms with Crippen molar-refractivity contribution in [3.63, 3.8) is 0 Å². The molecule has 28 heavy (non-hydrogen) atoms. The molecule has 0 aliphatic heterocycles. The highest BCUT2D eigenvalue weighted by atomic mass is 14.5. The fourth-order valence-corrected chi connectivity index (χ4v) is 5.20. The van der Waals surface area contributed by atoms with Crippen LogP contribution >= 0.6 is 0 Å². The Morgan fingerprint density at radius 1 is 0.571 bits per heavy atom. The molecule has 0 heteroatoms. The summed E-state index contributed by atoms with van der Waals surface area (Å²) in [7, 11) is 0. The van der Waals surface area contributed by atoms with E-state index in [1.165, 1.54) is 22.3 Å². The first-order valence-corrected chi connectivity index (χ1v) is 10.4. The van der Waals surface area contributed by atoms with Gasteiger partial charge in [-0.1, -0.05) is 120 Å². The molecule has 0 aliphatic rings. The van der Waals surface area contributed by atoms with Crippen molar-refractivity contribution >= 4 is 0 Å². The quantitative estimate of drug-likeness (QED) is 0.417. The first-order chi connectivity index (χ1) is 13.2. The lowest BCUT2D eigenvalue weighted by atomic mass is 9.54. The van der Waals surface area contributed by atoms with E-state index in [0.717, 1.165) is 6.42 Å². The summed E-state index contributed by atoms with van der Waals surface area (Å²) in [5, 5.41) is 0. The van der Waals surface area contributed by atoms with Crippen LogP contribution in [0.2, 0.25) is 0 Å². The number of aryl methyl sites for hydroxylation is 1. The van der Waals surface area contributed by atoms with E-state index < -0.39 is 0 Å². The van der Waals surface area contributed by atoms with Crippen LogP contribution in [0.4, 0.5) is 0 Å². The molecule has 0 atom stereocenters. The Hall–Kier alpha value is -2.34. The predicted octanol–water partition coefficient (Wildman–Crippen LogP) is 7.70. The van der Waals surface area contributed by atoms with Crippen LogP contribution in [0.5, 0.6) is 0 Å². The fraction of sp³-hybridized carbons (Fsp3) is 0.357. The average Bonchev–Trinajstić information content (AvgIpc) is 2.68. The Bertz CT molecular complexity index is 862. The molecule has 0 bridgehead atoms. The Morgan fingerprint density at radius 3 is 1.46 bits per heavy atom. The topological polar surface area (TPSA) is 0 Å². The maximum atomic E-state index is 2.44. The molecule has 146 valence electrons. The monoisotopic (exact) mass is 370 g/mol. The Kier molecular flexibility index (Phi) is 5.53. The summed E-state index contributed by atoms with van der Waals surface area (Å²) >= 11 is 0. The van der Waals surface area contributed by atoms with Crippen molar-refractivity contribution in [2.75, 3.05) is 0 Å². The molecule has 0 spiro atoms. The van der Waals surface area contributed by atoms with Gasteiger partial charge in [0, 0.05) is 5.41 Å². The Labute approximate surface area is 171 Å². The summed E-state index contributed by atoms with van der Waals surface area (Å²) in [5.41, 5.74) is 5.63. The van der Waals surface area contributed by atoms with Crippen LogP contribution in [0.1, 0.15) is 63.3 Å². The van der Waals surface area contributed by atoms with Crippen LogP contribution in [-0.4, -0.2) is 0 Å². The lowest BCUT2D eigenvalue weighted by Gasteiger charge is -2.49. The summed E-state index contributed by atoms with van der Waals surface area (Å²) in [6.07, 6.45) is 1.09. The zero-order valence-corrected chi connectivity index (χ0v) is 18.3. The molecule has 3 aromatic carbocycles. The summed E-state index contributed by atoms with van der Waals surface area (Å²) in [6.45, 7) is 14.3. The minimum absolute atomic E-state index is 0.0431. The smallest absolute Gasteiger partial charge is 0.0226 e. The molecule has 3 rings (SSSR count). The molecule has 0 saturated heterocycles. The van der Waals surface area contributed by atoms with Crippen LogP contribution < -0.4 is 0 Å². The highest BCUT2D eigenvalue weighted by Gasteiger charge is 2.46. The van der Waals surface area contributed by atoms with Crippen molar-refractivity contribution in [2.45, 2.75) is 58.8 Å². The lowest BCUT2D eigenvalue weighted by molar-refractivity contribution is 0.159. The van der Waals surface area contributed by atoms with E-state index in [1.54, 1.807) is 0 Å². The van der Waals surface area contributed by atoms with Gasteiger partial charge in [0.05, 0.1) is 0 Å². The normalized spacial score (nSPS) is 12.8. The van der Waals surface area contributed by atoms with Gasteiger partial charge in [-0.3, -0.25) is 0 Å². The molecular weight excluding hydrogens is 336 g/mol. The average molecular weight is 371 g/mol. The van der Waals surface area contributed by atoms with E-state index in [4.69, 9.17) is 0 Å². The maximum absolute atomic E-state index is 2.44. The zero-order chi connectivity index (χ0) is 20.4. The second-order valence-electron chi connectivity index (χ2n) is 9.62. The van der Waals surface area contributed by atoms with E-state index in [2.05, 4.69) is 126 Å². The van der Waals surface area contributed by atoms with Crippen LogP contribution in [0.3, 0.4) is 0 Å². The molecule has 0 aromatic heterocycles. The maximum Gasteiger partial charge on any atom is 0.0226 e. The SMILES string of the molecule is Cc1ccccc1C(C)(C)CC(C)(C)C(C)(c1ccccc1)c1ccccc1. The summed E-state index contributed by atoms with van der Waals surface area (Å²) in [5.74, 6) is 0. The number of rotatable bonds is 6. The molecule has 0 amide bonds. The van der Waals surface area contributed by atoms with Crippen LogP contribution in [0.25, 0.3) is 0 Å². The third kappa shape index (κ3) is 3.65. The highest BCUT2D eigenvalue weighted by Crippen LogP contribution is 2.52. The number of benzene rings is 3. The zero-order valence-electron chi connectivity index (χ0n) is 18.3. The standard InChI is InChI=1S/C28H34/c1-22-15-13-14-20-25(22)26(2,3)21-27(4,5)28(6,23-16-9-7-10-17-23)24-18-11-8-12-19-24/h7-20H,21H2,1-6H3. The summed E-state index contributed by atoms with van der Waals surface area (Å²) < 4.78 is 0. The van der Waals surface area contributed by atoms with Gasteiger partial charge in [-0.25, -0.2) is 0 Å². The van der Waals surface area contributed by atoms with Gasteiger partial charge in [-0.2, -0.15) is 0 Å². The summed E-state index contributed by atoms with van der Waals surface area (Å²) in [6, 6.07) is 30.9. The number of hydrogen-bond acceptors (Lipinski definition) is 0. The van der Waals surface area contributed by atoms with Gasteiger partial charge in [0.15, 0.2) is 0 Å². The minimum atomic E-state index is -0.0878. The first-order valence-electron chi connectivity index (χ1n) is 10.4. The van der Waals surface area contributed by atoms with Gasteiger partial charge in [0.2, 0.25) is 0 Å². The largest absolute Gasteiger partial charge is 0.0622 e. The van der Waals surface area contributed by atoms with Crippen LogP contribution in [0, 0.1) is 12.3 Å². The van der Waals surface area contributed by atoms with Gasteiger partial charge in [0.25, 0.3) is 0 Å². The van der Waals surface area contributed by atoms with Gasteiger partial charge < -0.3 is 0 Å².